The molecule has 0 unspecified atom stereocenters. The van der Waals surface area contributed by atoms with Gasteiger partial charge in [-0.1, -0.05) is 0 Å². The van der Waals surface area contributed by atoms with Gasteiger partial charge in [-0.2, -0.15) is 0 Å². The molecule has 1 aromatic heterocycles. The molecule has 1 aliphatic heterocycles. The quantitative estimate of drug-likeness (QED) is 0.774. The van der Waals surface area contributed by atoms with Gasteiger partial charge >= 0.3 is 5.97 Å². The molecule has 0 radical (unpaired) electrons. The van der Waals surface area contributed by atoms with Crippen LogP contribution >= 0.6 is 27.3 Å². The average molecular weight is 346 g/mol. The lowest BCUT2D eigenvalue weighted by molar-refractivity contribution is -0.155. The number of esters is 1. The summed E-state index contributed by atoms with van der Waals surface area (Å²) in [6.07, 6.45) is 0.792. The van der Waals surface area contributed by atoms with Crippen LogP contribution in [0.2, 0.25) is 0 Å². The number of carbonyl (C=O) groups excluding carboxylic acids is 2. The lowest BCUT2D eigenvalue weighted by atomic mass is 10.1. The van der Waals surface area contributed by atoms with E-state index in [9.17, 15) is 9.59 Å². The maximum atomic E-state index is 12.2. The largest absolute Gasteiger partial charge is 0.459 e. The van der Waals surface area contributed by atoms with Crippen molar-refractivity contribution < 1.29 is 14.3 Å². The Hall–Kier alpha value is -0.880. The second kappa shape index (κ2) is 5.25. The fourth-order valence-corrected chi connectivity index (χ4v) is 3.63. The molecule has 0 aliphatic carbocycles. The molecule has 19 heavy (non-hydrogen) atoms. The number of carbonyl (C=O) groups is 2. The van der Waals surface area contributed by atoms with Crippen LogP contribution in [0, 0.1) is 0 Å². The van der Waals surface area contributed by atoms with E-state index in [4.69, 9.17) is 4.74 Å². The number of halogens is 1. The van der Waals surface area contributed by atoms with Gasteiger partial charge in [-0.15, -0.1) is 11.3 Å². The molecule has 104 valence electrons. The lowest BCUT2D eigenvalue weighted by Gasteiger charge is -2.27. The molecule has 0 saturated heterocycles. The summed E-state index contributed by atoms with van der Waals surface area (Å²) in [5.74, 6) is -0.451. The zero-order valence-corrected chi connectivity index (χ0v) is 13.6. The highest BCUT2D eigenvalue weighted by Gasteiger charge is 2.29. The van der Waals surface area contributed by atoms with E-state index < -0.39 is 5.60 Å². The van der Waals surface area contributed by atoms with Crippen molar-refractivity contribution in [1.29, 1.82) is 0 Å². The number of hydrogen-bond donors (Lipinski definition) is 0. The maximum absolute atomic E-state index is 12.2. The van der Waals surface area contributed by atoms with Gasteiger partial charge in [0, 0.05) is 17.8 Å². The van der Waals surface area contributed by atoms with Crippen LogP contribution in [0.25, 0.3) is 0 Å². The Labute approximate surface area is 124 Å². The third kappa shape index (κ3) is 3.57. The van der Waals surface area contributed by atoms with E-state index in [1.54, 1.807) is 16.2 Å². The highest BCUT2D eigenvalue weighted by Crippen LogP contribution is 2.31. The van der Waals surface area contributed by atoms with E-state index in [1.807, 2.05) is 26.8 Å². The van der Waals surface area contributed by atoms with Crippen LogP contribution in [0.1, 0.15) is 36.0 Å². The first kappa shape index (κ1) is 14.5. The highest BCUT2D eigenvalue weighted by atomic mass is 79.9. The fraction of sp³-hybridized carbons (Fsp3) is 0.538. The summed E-state index contributed by atoms with van der Waals surface area (Å²) < 4.78 is 6.19. The fourth-order valence-electron chi connectivity index (χ4n) is 1.95. The van der Waals surface area contributed by atoms with Crippen molar-refractivity contribution in [3.8, 4) is 0 Å². The molecule has 1 amide bonds. The Morgan fingerprint density at radius 1 is 1.53 bits per heavy atom. The number of nitrogens with zero attached hydrogens (tertiary/aromatic N) is 1. The second-order valence-corrected chi connectivity index (χ2v) is 7.97. The summed E-state index contributed by atoms with van der Waals surface area (Å²) >= 11 is 4.96. The molecule has 0 fully saturated rings. The topological polar surface area (TPSA) is 46.6 Å². The number of hydrogen-bond acceptors (Lipinski definition) is 4. The highest BCUT2D eigenvalue weighted by molar-refractivity contribution is 9.11. The van der Waals surface area contributed by atoms with Gasteiger partial charge in [0.2, 0.25) is 0 Å². The molecule has 0 aromatic carbocycles. The Kier molecular flexibility index (Phi) is 4.01. The molecular formula is C13H16BrNO3S. The van der Waals surface area contributed by atoms with Gasteiger partial charge in [0.15, 0.2) is 0 Å². The van der Waals surface area contributed by atoms with Crippen molar-refractivity contribution in [1.82, 2.24) is 4.90 Å². The van der Waals surface area contributed by atoms with Crippen molar-refractivity contribution in [3.05, 3.63) is 20.3 Å². The van der Waals surface area contributed by atoms with E-state index in [0.717, 1.165) is 15.1 Å². The molecule has 0 spiro atoms. The van der Waals surface area contributed by atoms with Crippen molar-refractivity contribution in [3.63, 3.8) is 0 Å². The first-order chi connectivity index (χ1) is 8.76. The van der Waals surface area contributed by atoms with Crippen LogP contribution in [0.15, 0.2) is 9.85 Å². The van der Waals surface area contributed by atoms with E-state index in [2.05, 4.69) is 15.9 Å². The van der Waals surface area contributed by atoms with Gasteiger partial charge in [-0.05, 0) is 42.8 Å². The summed E-state index contributed by atoms with van der Waals surface area (Å²) in [6.45, 7) is 6.03. The molecule has 1 aliphatic rings. The van der Waals surface area contributed by atoms with Gasteiger partial charge in [-0.3, -0.25) is 9.59 Å². The second-order valence-electron chi connectivity index (χ2n) is 5.45. The summed E-state index contributed by atoms with van der Waals surface area (Å²) in [6, 6.07) is 1.82. The molecule has 2 heterocycles. The predicted octanol–water partition coefficient (Wildman–Crippen LogP) is 2.85. The SMILES string of the molecule is CC(C)(C)OC(=O)CN1CCc2sc(Br)cc2C1=O. The van der Waals surface area contributed by atoms with E-state index in [-0.39, 0.29) is 18.4 Å². The zero-order valence-electron chi connectivity index (χ0n) is 11.2. The van der Waals surface area contributed by atoms with Crippen LogP contribution in [0.4, 0.5) is 0 Å². The predicted molar refractivity (Wildman–Crippen MR) is 77.5 cm³/mol. The van der Waals surface area contributed by atoms with Crippen LogP contribution in [-0.2, 0) is 16.0 Å². The average Bonchev–Trinajstić information content (AvgIpc) is 2.61. The van der Waals surface area contributed by atoms with E-state index in [1.165, 1.54) is 0 Å². The van der Waals surface area contributed by atoms with Crippen LogP contribution in [-0.4, -0.2) is 35.5 Å². The number of ether oxygens (including phenoxy) is 1. The van der Waals surface area contributed by atoms with Gasteiger partial charge in [-0.25, -0.2) is 0 Å². The van der Waals surface area contributed by atoms with E-state index >= 15 is 0 Å². The smallest absolute Gasteiger partial charge is 0.326 e. The van der Waals surface area contributed by atoms with Gasteiger partial charge in [0.25, 0.3) is 5.91 Å². The Bertz CT molecular complexity index is 518. The van der Waals surface area contributed by atoms with Gasteiger partial charge in [0.1, 0.15) is 12.1 Å². The molecule has 4 nitrogen and oxygen atoms in total. The minimum atomic E-state index is -0.521. The minimum Gasteiger partial charge on any atom is -0.459 e. The summed E-state index contributed by atoms with van der Waals surface area (Å²) in [7, 11) is 0. The lowest BCUT2D eigenvalue weighted by Crippen LogP contribution is -2.42. The summed E-state index contributed by atoms with van der Waals surface area (Å²) in [5, 5.41) is 0. The molecule has 0 atom stereocenters. The number of thiophene rings is 1. The molecule has 0 N–H and O–H groups in total. The van der Waals surface area contributed by atoms with Crippen molar-refractivity contribution in [2.75, 3.05) is 13.1 Å². The summed E-state index contributed by atoms with van der Waals surface area (Å²) in [5.41, 5.74) is 0.179. The zero-order chi connectivity index (χ0) is 14.2. The standard InChI is InChI=1S/C13H16BrNO3S/c1-13(2,3)18-11(16)7-15-5-4-9-8(12(15)17)6-10(14)19-9/h6H,4-5,7H2,1-3H3. The first-order valence-electron chi connectivity index (χ1n) is 6.05. The number of amides is 1. The normalized spacial score (nSPS) is 15.4. The van der Waals surface area contributed by atoms with Crippen molar-refractivity contribution in [2.45, 2.75) is 32.8 Å². The van der Waals surface area contributed by atoms with Gasteiger partial charge < -0.3 is 9.64 Å². The Morgan fingerprint density at radius 3 is 2.84 bits per heavy atom. The first-order valence-corrected chi connectivity index (χ1v) is 7.66. The molecule has 2 rings (SSSR count). The van der Waals surface area contributed by atoms with Crippen LogP contribution in [0.5, 0.6) is 0 Å². The molecule has 6 heteroatoms. The van der Waals surface area contributed by atoms with Crippen molar-refractivity contribution >= 4 is 39.1 Å². The monoisotopic (exact) mass is 345 g/mol. The third-order valence-electron chi connectivity index (χ3n) is 2.65. The van der Waals surface area contributed by atoms with Crippen molar-refractivity contribution in [2.24, 2.45) is 0 Å². The summed E-state index contributed by atoms with van der Waals surface area (Å²) in [4.78, 5) is 26.6. The Morgan fingerprint density at radius 2 is 2.21 bits per heavy atom. The van der Waals surface area contributed by atoms with Crippen LogP contribution < -0.4 is 0 Å². The molecule has 0 bridgehead atoms. The number of fused-ring (bicyclic) bond motifs is 1. The maximum Gasteiger partial charge on any atom is 0.326 e. The Balaban J connectivity index is 2.04. The van der Waals surface area contributed by atoms with Gasteiger partial charge in [0.05, 0.1) is 9.35 Å². The number of rotatable bonds is 2. The minimum absolute atomic E-state index is 0.0169. The molecule has 1 aromatic rings. The van der Waals surface area contributed by atoms with Crippen LogP contribution in [0.3, 0.4) is 0 Å². The van der Waals surface area contributed by atoms with E-state index in [0.29, 0.717) is 12.1 Å². The molecule has 0 saturated carbocycles. The third-order valence-corrected chi connectivity index (χ3v) is 4.34. The molecular weight excluding hydrogens is 330 g/mol.